The predicted octanol–water partition coefficient (Wildman–Crippen LogP) is 3.37. The minimum atomic E-state index is 0.718. The van der Waals surface area contributed by atoms with E-state index < -0.39 is 0 Å². The highest BCUT2D eigenvalue weighted by Gasteiger charge is 2.21. The van der Waals surface area contributed by atoms with E-state index in [1.54, 1.807) is 5.56 Å². The molecule has 20 heavy (non-hydrogen) atoms. The van der Waals surface area contributed by atoms with Gasteiger partial charge in [0.1, 0.15) is 0 Å². The SMILES string of the molecule is NCCCN1CCC(c2cccc3ccccc23)CC1. The number of likely N-dealkylation sites (tertiary alicyclic amines) is 1. The zero-order chi connectivity index (χ0) is 13.8. The molecule has 0 spiro atoms. The van der Waals surface area contributed by atoms with Crippen LogP contribution in [0.3, 0.4) is 0 Å². The molecule has 0 bridgehead atoms. The van der Waals surface area contributed by atoms with Crippen LogP contribution in [0, 0.1) is 0 Å². The van der Waals surface area contributed by atoms with Crippen molar-refractivity contribution in [1.82, 2.24) is 4.90 Å². The maximum Gasteiger partial charge on any atom is -0.000671 e. The summed E-state index contributed by atoms with van der Waals surface area (Å²) < 4.78 is 0. The fourth-order valence-electron chi connectivity index (χ4n) is 3.39. The van der Waals surface area contributed by atoms with E-state index in [1.807, 2.05) is 0 Å². The number of nitrogens with two attached hydrogens (primary N) is 1. The first-order valence-corrected chi connectivity index (χ1v) is 7.78. The van der Waals surface area contributed by atoms with E-state index in [-0.39, 0.29) is 0 Å². The lowest BCUT2D eigenvalue weighted by molar-refractivity contribution is 0.212. The van der Waals surface area contributed by atoms with Crippen molar-refractivity contribution in [3.63, 3.8) is 0 Å². The van der Waals surface area contributed by atoms with Gasteiger partial charge in [-0.2, -0.15) is 0 Å². The molecule has 3 rings (SSSR count). The largest absolute Gasteiger partial charge is 0.330 e. The molecular formula is C18H24N2. The van der Waals surface area contributed by atoms with Gasteiger partial charge in [0, 0.05) is 0 Å². The molecule has 1 fully saturated rings. The molecule has 2 aromatic carbocycles. The first kappa shape index (κ1) is 13.6. The van der Waals surface area contributed by atoms with Gasteiger partial charge < -0.3 is 10.6 Å². The molecule has 1 aliphatic heterocycles. The lowest BCUT2D eigenvalue weighted by atomic mass is 9.86. The quantitative estimate of drug-likeness (QED) is 0.921. The summed E-state index contributed by atoms with van der Waals surface area (Å²) in [6.07, 6.45) is 3.68. The van der Waals surface area contributed by atoms with Gasteiger partial charge >= 0.3 is 0 Å². The van der Waals surface area contributed by atoms with E-state index in [4.69, 9.17) is 5.73 Å². The Kier molecular flexibility index (Phi) is 4.34. The molecule has 0 saturated carbocycles. The van der Waals surface area contributed by atoms with Gasteiger partial charge in [-0.15, -0.1) is 0 Å². The maximum absolute atomic E-state index is 5.60. The second-order valence-corrected chi connectivity index (χ2v) is 5.83. The molecule has 1 heterocycles. The Morgan fingerprint density at radius 2 is 1.75 bits per heavy atom. The lowest BCUT2D eigenvalue weighted by Crippen LogP contribution is -2.34. The van der Waals surface area contributed by atoms with Crippen molar-refractivity contribution in [2.75, 3.05) is 26.2 Å². The van der Waals surface area contributed by atoms with Crippen molar-refractivity contribution in [3.8, 4) is 0 Å². The van der Waals surface area contributed by atoms with Gasteiger partial charge in [0.2, 0.25) is 0 Å². The van der Waals surface area contributed by atoms with Gasteiger partial charge in [-0.1, -0.05) is 42.5 Å². The first-order chi connectivity index (χ1) is 9.88. The van der Waals surface area contributed by atoms with Crippen LogP contribution in [0.15, 0.2) is 42.5 Å². The van der Waals surface area contributed by atoms with Crippen LogP contribution in [0.2, 0.25) is 0 Å². The molecule has 0 atom stereocenters. The van der Waals surface area contributed by atoms with Crippen LogP contribution < -0.4 is 5.73 Å². The monoisotopic (exact) mass is 268 g/mol. The molecule has 2 nitrogen and oxygen atoms in total. The summed E-state index contributed by atoms with van der Waals surface area (Å²) in [5, 5.41) is 2.81. The Balaban J connectivity index is 1.74. The second kappa shape index (κ2) is 6.38. The third kappa shape index (κ3) is 2.87. The fourth-order valence-corrected chi connectivity index (χ4v) is 3.39. The minimum Gasteiger partial charge on any atom is -0.330 e. The summed E-state index contributed by atoms with van der Waals surface area (Å²) in [7, 11) is 0. The number of fused-ring (bicyclic) bond motifs is 1. The lowest BCUT2D eigenvalue weighted by Gasteiger charge is -2.32. The molecule has 1 aliphatic rings. The summed E-state index contributed by atoms with van der Waals surface area (Å²) in [6.45, 7) is 4.41. The Labute approximate surface area is 121 Å². The third-order valence-electron chi connectivity index (χ3n) is 4.53. The Bertz CT molecular complexity index is 551. The summed E-state index contributed by atoms with van der Waals surface area (Å²) in [4.78, 5) is 2.56. The highest BCUT2D eigenvalue weighted by molar-refractivity contribution is 5.86. The van der Waals surface area contributed by atoms with E-state index in [0.717, 1.165) is 18.9 Å². The zero-order valence-corrected chi connectivity index (χ0v) is 12.1. The summed E-state index contributed by atoms with van der Waals surface area (Å²) in [5.41, 5.74) is 7.14. The van der Waals surface area contributed by atoms with E-state index in [1.165, 1.54) is 43.2 Å². The van der Waals surface area contributed by atoms with Crippen molar-refractivity contribution < 1.29 is 0 Å². The fraction of sp³-hybridized carbons (Fsp3) is 0.444. The van der Waals surface area contributed by atoms with E-state index in [2.05, 4.69) is 47.4 Å². The van der Waals surface area contributed by atoms with Crippen LogP contribution in [-0.4, -0.2) is 31.1 Å². The second-order valence-electron chi connectivity index (χ2n) is 5.83. The average molecular weight is 268 g/mol. The Hall–Kier alpha value is -1.38. The molecular weight excluding hydrogens is 244 g/mol. The topological polar surface area (TPSA) is 29.3 Å². The van der Waals surface area contributed by atoms with Gasteiger partial charge in [-0.25, -0.2) is 0 Å². The standard InChI is InChI=1S/C18H24N2/c19-11-4-12-20-13-9-16(10-14-20)18-8-3-6-15-5-1-2-7-17(15)18/h1-3,5-8,16H,4,9-14,19H2. The number of hydrogen-bond donors (Lipinski definition) is 1. The molecule has 2 N–H and O–H groups in total. The van der Waals surface area contributed by atoms with E-state index in [9.17, 15) is 0 Å². The van der Waals surface area contributed by atoms with Gasteiger partial charge in [0.25, 0.3) is 0 Å². The molecule has 0 radical (unpaired) electrons. The molecule has 106 valence electrons. The zero-order valence-electron chi connectivity index (χ0n) is 12.1. The maximum atomic E-state index is 5.60. The molecule has 0 amide bonds. The molecule has 0 aliphatic carbocycles. The first-order valence-electron chi connectivity index (χ1n) is 7.78. The van der Waals surface area contributed by atoms with Crippen LogP contribution in [0.4, 0.5) is 0 Å². The molecule has 2 heteroatoms. The van der Waals surface area contributed by atoms with Crippen molar-refractivity contribution >= 4 is 10.8 Å². The number of piperidine rings is 1. The minimum absolute atomic E-state index is 0.718. The Morgan fingerprint density at radius 1 is 1.00 bits per heavy atom. The van der Waals surface area contributed by atoms with Gasteiger partial charge in [0.15, 0.2) is 0 Å². The molecule has 0 unspecified atom stereocenters. The van der Waals surface area contributed by atoms with Gasteiger partial charge in [0.05, 0.1) is 0 Å². The number of hydrogen-bond acceptors (Lipinski definition) is 2. The summed E-state index contributed by atoms with van der Waals surface area (Å²) >= 11 is 0. The van der Waals surface area contributed by atoms with E-state index >= 15 is 0 Å². The van der Waals surface area contributed by atoms with Crippen molar-refractivity contribution in [2.45, 2.75) is 25.2 Å². The highest BCUT2D eigenvalue weighted by Crippen LogP contribution is 2.32. The molecule has 1 saturated heterocycles. The third-order valence-corrected chi connectivity index (χ3v) is 4.53. The van der Waals surface area contributed by atoms with Crippen molar-refractivity contribution in [3.05, 3.63) is 48.0 Å². The van der Waals surface area contributed by atoms with E-state index in [0.29, 0.717) is 0 Å². The smallest absolute Gasteiger partial charge is 0.000671 e. The van der Waals surface area contributed by atoms with Crippen LogP contribution in [0.25, 0.3) is 10.8 Å². The van der Waals surface area contributed by atoms with Crippen LogP contribution >= 0.6 is 0 Å². The Morgan fingerprint density at radius 3 is 2.55 bits per heavy atom. The van der Waals surface area contributed by atoms with Crippen LogP contribution in [0.1, 0.15) is 30.7 Å². The van der Waals surface area contributed by atoms with Crippen molar-refractivity contribution in [2.24, 2.45) is 5.73 Å². The van der Waals surface area contributed by atoms with Crippen LogP contribution in [0.5, 0.6) is 0 Å². The van der Waals surface area contributed by atoms with Crippen molar-refractivity contribution in [1.29, 1.82) is 0 Å². The molecule has 0 aromatic heterocycles. The van der Waals surface area contributed by atoms with Crippen LogP contribution in [-0.2, 0) is 0 Å². The predicted molar refractivity (Wildman–Crippen MR) is 86.0 cm³/mol. The summed E-state index contributed by atoms with van der Waals surface area (Å²) in [5.74, 6) is 0.718. The normalized spacial score (nSPS) is 17.6. The summed E-state index contributed by atoms with van der Waals surface area (Å²) in [6, 6.07) is 15.5. The number of rotatable bonds is 4. The highest BCUT2D eigenvalue weighted by atomic mass is 15.1. The number of benzene rings is 2. The van der Waals surface area contributed by atoms with Gasteiger partial charge in [-0.05, 0) is 67.7 Å². The van der Waals surface area contributed by atoms with Gasteiger partial charge in [-0.3, -0.25) is 0 Å². The number of nitrogens with zero attached hydrogens (tertiary/aromatic N) is 1. The average Bonchev–Trinajstić information content (AvgIpc) is 2.53. The molecule has 2 aromatic rings.